The van der Waals surface area contributed by atoms with Gasteiger partial charge in [-0.25, -0.2) is 4.79 Å². The van der Waals surface area contributed by atoms with E-state index in [0.29, 0.717) is 12.3 Å². The summed E-state index contributed by atoms with van der Waals surface area (Å²) in [4.78, 5) is 14.3. The fourth-order valence-corrected chi connectivity index (χ4v) is 2.92. The number of nitrogens with zero attached hydrogens (tertiary/aromatic N) is 1. The lowest BCUT2D eigenvalue weighted by atomic mass is 10.2. The molecule has 0 aromatic carbocycles. The van der Waals surface area contributed by atoms with E-state index in [0.717, 1.165) is 22.3 Å². The SMILES string of the molecule is CCN(Cc1ccc(Cl)s1)Cc1occc1C(=O)O. The first kappa shape index (κ1) is 14.1. The molecule has 2 aromatic heterocycles. The van der Waals surface area contributed by atoms with Crippen molar-refractivity contribution in [3.8, 4) is 0 Å². The highest BCUT2D eigenvalue weighted by molar-refractivity contribution is 7.16. The van der Waals surface area contributed by atoms with E-state index < -0.39 is 5.97 Å². The minimum absolute atomic E-state index is 0.225. The van der Waals surface area contributed by atoms with Crippen LogP contribution in [0.4, 0.5) is 0 Å². The van der Waals surface area contributed by atoms with Gasteiger partial charge in [-0.15, -0.1) is 11.3 Å². The maximum absolute atomic E-state index is 11.0. The largest absolute Gasteiger partial charge is 0.478 e. The molecule has 0 atom stereocenters. The molecule has 0 amide bonds. The predicted octanol–water partition coefficient (Wildman–Crippen LogP) is 3.71. The van der Waals surface area contributed by atoms with Crippen LogP contribution in [0.1, 0.15) is 27.9 Å². The highest BCUT2D eigenvalue weighted by Gasteiger charge is 2.16. The first-order valence-electron chi connectivity index (χ1n) is 5.86. The van der Waals surface area contributed by atoms with Crippen LogP contribution in [0.15, 0.2) is 28.9 Å². The lowest BCUT2D eigenvalue weighted by Crippen LogP contribution is -2.22. The van der Waals surface area contributed by atoms with E-state index in [2.05, 4.69) is 4.90 Å². The first-order chi connectivity index (χ1) is 9.10. The lowest BCUT2D eigenvalue weighted by molar-refractivity contribution is 0.0692. The Kier molecular flexibility index (Phi) is 4.63. The van der Waals surface area contributed by atoms with Gasteiger partial charge in [0.25, 0.3) is 0 Å². The van der Waals surface area contributed by atoms with Crippen molar-refractivity contribution in [1.29, 1.82) is 0 Å². The monoisotopic (exact) mass is 299 g/mol. The number of aromatic carboxylic acids is 1. The van der Waals surface area contributed by atoms with Crippen molar-refractivity contribution in [1.82, 2.24) is 4.90 Å². The number of furan rings is 1. The molecule has 19 heavy (non-hydrogen) atoms. The third-order valence-corrected chi connectivity index (χ3v) is 4.01. The average Bonchev–Trinajstić information content (AvgIpc) is 2.97. The fourth-order valence-electron chi connectivity index (χ4n) is 1.79. The smallest absolute Gasteiger partial charge is 0.339 e. The molecule has 0 fully saturated rings. The highest BCUT2D eigenvalue weighted by Crippen LogP contribution is 2.23. The van der Waals surface area contributed by atoms with Crippen LogP contribution >= 0.6 is 22.9 Å². The van der Waals surface area contributed by atoms with Gasteiger partial charge in [0.05, 0.1) is 17.1 Å². The average molecular weight is 300 g/mol. The molecule has 0 unspecified atom stereocenters. The van der Waals surface area contributed by atoms with E-state index >= 15 is 0 Å². The van der Waals surface area contributed by atoms with Crippen LogP contribution in [-0.2, 0) is 13.1 Å². The molecule has 0 aliphatic heterocycles. The molecule has 0 aliphatic rings. The van der Waals surface area contributed by atoms with Crippen molar-refractivity contribution in [2.45, 2.75) is 20.0 Å². The van der Waals surface area contributed by atoms with Crippen molar-refractivity contribution in [2.75, 3.05) is 6.54 Å². The molecule has 0 spiro atoms. The zero-order chi connectivity index (χ0) is 13.8. The van der Waals surface area contributed by atoms with Crippen LogP contribution in [0, 0.1) is 0 Å². The minimum Gasteiger partial charge on any atom is -0.478 e. The zero-order valence-corrected chi connectivity index (χ0v) is 12.0. The Bertz CT molecular complexity index is 564. The van der Waals surface area contributed by atoms with E-state index in [-0.39, 0.29) is 5.56 Å². The Balaban J connectivity index is 2.06. The van der Waals surface area contributed by atoms with Gasteiger partial charge in [0.2, 0.25) is 0 Å². The molecular formula is C13H14ClNO3S. The summed E-state index contributed by atoms with van der Waals surface area (Å²) in [6.07, 6.45) is 1.41. The molecule has 102 valence electrons. The summed E-state index contributed by atoms with van der Waals surface area (Å²) in [5.74, 6) is -0.476. The molecule has 2 rings (SSSR count). The van der Waals surface area contributed by atoms with Crippen LogP contribution in [0.3, 0.4) is 0 Å². The summed E-state index contributed by atoms with van der Waals surface area (Å²) in [6, 6.07) is 5.33. The molecule has 0 saturated carbocycles. The van der Waals surface area contributed by atoms with Gasteiger partial charge in [0.1, 0.15) is 11.3 Å². The number of carboxylic acids is 1. The summed E-state index contributed by atoms with van der Waals surface area (Å²) in [5, 5.41) is 9.04. The zero-order valence-electron chi connectivity index (χ0n) is 10.4. The van der Waals surface area contributed by atoms with Crippen molar-refractivity contribution in [2.24, 2.45) is 0 Å². The van der Waals surface area contributed by atoms with E-state index in [1.165, 1.54) is 23.7 Å². The Morgan fingerprint density at radius 1 is 1.42 bits per heavy atom. The Morgan fingerprint density at radius 2 is 2.21 bits per heavy atom. The molecule has 2 heterocycles. The van der Waals surface area contributed by atoms with E-state index in [9.17, 15) is 4.79 Å². The molecule has 0 saturated heterocycles. The Hall–Kier alpha value is -1.30. The van der Waals surface area contributed by atoms with Crippen LogP contribution in [0.5, 0.6) is 0 Å². The molecular weight excluding hydrogens is 286 g/mol. The number of carboxylic acid groups (broad SMARTS) is 1. The minimum atomic E-state index is -0.959. The third kappa shape index (κ3) is 3.59. The second kappa shape index (κ2) is 6.23. The van der Waals surface area contributed by atoms with Gasteiger partial charge in [0.15, 0.2) is 0 Å². The van der Waals surface area contributed by atoms with Crippen molar-refractivity contribution < 1.29 is 14.3 Å². The maximum Gasteiger partial charge on any atom is 0.339 e. The van der Waals surface area contributed by atoms with Gasteiger partial charge in [-0.2, -0.15) is 0 Å². The quantitative estimate of drug-likeness (QED) is 0.883. The van der Waals surface area contributed by atoms with E-state index in [1.54, 1.807) is 0 Å². The molecule has 1 N–H and O–H groups in total. The van der Waals surface area contributed by atoms with Gasteiger partial charge in [-0.05, 0) is 24.7 Å². The summed E-state index contributed by atoms with van der Waals surface area (Å²) < 4.78 is 6.02. The number of carbonyl (C=O) groups is 1. The van der Waals surface area contributed by atoms with Crippen LogP contribution in [-0.4, -0.2) is 22.5 Å². The number of thiophene rings is 1. The molecule has 0 radical (unpaired) electrons. The number of rotatable bonds is 6. The predicted molar refractivity (Wildman–Crippen MR) is 74.8 cm³/mol. The van der Waals surface area contributed by atoms with Crippen LogP contribution < -0.4 is 0 Å². The van der Waals surface area contributed by atoms with Crippen molar-refractivity contribution in [3.05, 3.63) is 45.0 Å². The lowest BCUT2D eigenvalue weighted by Gasteiger charge is -2.18. The van der Waals surface area contributed by atoms with Crippen LogP contribution in [0.2, 0.25) is 4.34 Å². The van der Waals surface area contributed by atoms with E-state index in [1.807, 2.05) is 19.1 Å². The number of hydrogen-bond acceptors (Lipinski definition) is 4. The molecule has 4 nitrogen and oxygen atoms in total. The van der Waals surface area contributed by atoms with E-state index in [4.69, 9.17) is 21.1 Å². The Labute approximate surface area is 120 Å². The summed E-state index contributed by atoms with van der Waals surface area (Å²) in [7, 11) is 0. The number of hydrogen-bond donors (Lipinski definition) is 1. The summed E-state index contributed by atoms with van der Waals surface area (Å²) in [6.45, 7) is 4.03. The second-order valence-corrected chi connectivity index (χ2v) is 5.87. The Morgan fingerprint density at radius 3 is 2.79 bits per heavy atom. The van der Waals surface area contributed by atoms with Gasteiger partial charge in [0, 0.05) is 11.4 Å². The van der Waals surface area contributed by atoms with Gasteiger partial charge < -0.3 is 9.52 Å². The van der Waals surface area contributed by atoms with Crippen molar-refractivity contribution in [3.63, 3.8) is 0 Å². The topological polar surface area (TPSA) is 53.7 Å². The van der Waals surface area contributed by atoms with Crippen molar-refractivity contribution >= 4 is 28.9 Å². The molecule has 0 bridgehead atoms. The molecule has 6 heteroatoms. The van der Waals surface area contributed by atoms with Crippen LogP contribution in [0.25, 0.3) is 0 Å². The second-order valence-electron chi connectivity index (χ2n) is 4.07. The normalized spacial score (nSPS) is 11.1. The maximum atomic E-state index is 11.0. The fraction of sp³-hybridized carbons (Fsp3) is 0.308. The van der Waals surface area contributed by atoms with Gasteiger partial charge in [-0.1, -0.05) is 18.5 Å². The third-order valence-electron chi connectivity index (χ3n) is 2.80. The highest BCUT2D eigenvalue weighted by atomic mass is 35.5. The summed E-state index contributed by atoms with van der Waals surface area (Å²) >= 11 is 7.43. The number of halogens is 1. The molecule has 2 aromatic rings. The first-order valence-corrected chi connectivity index (χ1v) is 7.05. The van der Waals surface area contributed by atoms with Gasteiger partial charge in [-0.3, -0.25) is 4.90 Å². The summed E-state index contributed by atoms with van der Waals surface area (Å²) in [5.41, 5.74) is 0.225. The molecule has 0 aliphatic carbocycles. The standard InChI is InChI=1S/C13H14ClNO3S/c1-2-15(7-9-3-4-12(14)19-9)8-11-10(13(16)17)5-6-18-11/h3-6H,2,7-8H2,1H3,(H,16,17). The van der Waals surface area contributed by atoms with Gasteiger partial charge >= 0.3 is 5.97 Å².